The highest BCUT2D eigenvalue weighted by atomic mass is 35.5. The van der Waals surface area contributed by atoms with Gasteiger partial charge in [0.05, 0.1) is 5.92 Å². The Labute approximate surface area is 149 Å². The zero-order valence-corrected chi connectivity index (χ0v) is 14.9. The highest BCUT2D eigenvalue weighted by molar-refractivity contribution is 5.96. The van der Waals surface area contributed by atoms with Gasteiger partial charge in [-0.15, -0.1) is 12.4 Å². The fourth-order valence-electron chi connectivity index (χ4n) is 3.21. The van der Waals surface area contributed by atoms with Gasteiger partial charge < -0.3 is 15.5 Å². The van der Waals surface area contributed by atoms with E-state index in [1.165, 1.54) is 0 Å². The van der Waals surface area contributed by atoms with Crippen LogP contribution in [0.4, 0.5) is 5.69 Å². The second-order valence-electron chi connectivity index (χ2n) is 6.73. The number of carbonyl (C=O) groups excluding carboxylic acids is 2. The third-order valence-electron chi connectivity index (χ3n) is 4.90. The fraction of sp³-hybridized carbons (Fsp3) is 0.556. The smallest absolute Gasteiger partial charge is 0.253 e. The van der Waals surface area contributed by atoms with Crippen LogP contribution in [0, 0.1) is 11.8 Å². The minimum absolute atomic E-state index is 0. The third-order valence-corrected chi connectivity index (χ3v) is 4.90. The maximum Gasteiger partial charge on any atom is 0.253 e. The lowest BCUT2D eigenvalue weighted by atomic mass is 9.98. The number of piperidine rings is 1. The number of nitrogens with zero attached hydrogens (tertiary/aromatic N) is 1. The van der Waals surface area contributed by atoms with Crippen molar-refractivity contribution >= 4 is 29.9 Å². The van der Waals surface area contributed by atoms with Gasteiger partial charge in [-0.3, -0.25) is 9.59 Å². The fourth-order valence-corrected chi connectivity index (χ4v) is 3.21. The molecule has 0 spiro atoms. The van der Waals surface area contributed by atoms with Crippen molar-refractivity contribution in [3.05, 3.63) is 29.8 Å². The number of hydrogen-bond acceptors (Lipinski definition) is 3. The van der Waals surface area contributed by atoms with E-state index in [0.29, 0.717) is 11.5 Å². The Morgan fingerprint density at radius 3 is 2.38 bits per heavy atom. The van der Waals surface area contributed by atoms with Gasteiger partial charge >= 0.3 is 0 Å². The Kier molecular flexibility index (Phi) is 6.63. The first-order chi connectivity index (χ1) is 11.1. The molecule has 2 amide bonds. The van der Waals surface area contributed by atoms with Crippen molar-refractivity contribution in [1.29, 1.82) is 0 Å². The predicted octanol–water partition coefficient (Wildman–Crippen LogP) is 2.53. The standard InChI is InChI=1S/C18H25N3O2.ClH/c1-13-7-10-21(11-8-13)18(23)14-2-4-16(5-3-14)20-17(22)15-6-9-19-12-15;/h2-5,13,15,19H,6-12H2,1H3,(H,20,22);1H. The van der Waals surface area contributed by atoms with Gasteiger partial charge in [-0.05, 0) is 56.0 Å². The van der Waals surface area contributed by atoms with Gasteiger partial charge in [0.15, 0.2) is 0 Å². The molecule has 5 nitrogen and oxygen atoms in total. The van der Waals surface area contributed by atoms with Crippen LogP contribution in [-0.4, -0.2) is 42.9 Å². The maximum atomic E-state index is 12.5. The van der Waals surface area contributed by atoms with Crippen molar-refractivity contribution in [2.75, 3.05) is 31.5 Å². The Morgan fingerprint density at radius 2 is 1.79 bits per heavy atom. The summed E-state index contributed by atoms with van der Waals surface area (Å²) < 4.78 is 0. The average molecular weight is 352 g/mol. The Balaban J connectivity index is 0.00000208. The number of nitrogens with one attached hydrogen (secondary N) is 2. The molecular formula is C18H26ClN3O2. The zero-order chi connectivity index (χ0) is 16.2. The molecule has 1 unspecified atom stereocenters. The molecule has 2 aliphatic heterocycles. The summed E-state index contributed by atoms with van der Waals surface area (Å²) >= 11 is 0. The Bertz CT molecular complexity index is 562. The lowest BCUT2D eigenvalue weighted by Crippen LogP contribution is -2.37. The van der Waals surface area contributed by atoms with Crippen molar-refractivity contribution in [3.63, 3.8) is 0 Å². The second kappa shape index (κ2) is 8.49. The number of benzene rings is 1. The molecule has 0 aliphatic carbocycles. The van der Waals surface area contributed by atoms with Gasteiger partial charge in [0.25, 0.3) is 5.91 Å². The first kappa shape index (κ1) is 18.7. The molecule has 0 bridgehead atoms. The molecule has 2 fully saturated rings. The van der Waals surface area contributed by atoms with Gasteiger partial charge in [-0.1, -0.05) is 6.92 Å². The summed E-state index contributed by atoms with van der Waals surface area (Å²) in [4.78, 5) is 26.5. The number of hydrogen-bond donors (Lipinski definition) is 2. The predicted molar refractivity (Wildman–Crippen MR) is 97.6 cm³/mol. The molecule has 2 heterocycles. The monoisotopic (exact) mass is 351 g/mol. The molecule has 2 saturated heterocycles. The van der Waals surface area contributed by atoms with Crippen LogP contribution in [-0.2, 0) is 4.79 Å². The second-order valence-corrected chi connectivity index (χ2v) is 6.73. The number of anilines is 1. The van der Waals surface area contributed by atoms with E-state index in [4.69, 9.17) is 0 Å². The van der Waals surface area contributed by atoms with Gasteiger partial charge in [0.1, 0.15) is 0 Å². The molecule has 0 saturated carbocycles. The van der Waals surface area contributed by atoms with Crippen LogP contribution >= 0.6 is 12.4 Å². The molecule has 6 heteroatoms. The van der Waals surface area contributed by atoms with Crippen molar-refractivity contribution < 1.29 is 9.59 Å². The van der Waals surface area contributed by atoms with E-state index < -0.39 is 0 Å². The van der Waals surface area contributed by atoms with Gasteiger partial charge in [0, 0.05) is 30.9 Å². The van der Waals surface area contributed by atoms with E-state index in [-0.39, 0.29) is 30.1 Å². The number of amides is 2. The molecule has 1 atom stereocenters. The molecular weight excluding hydrogens is 326 g/mol. The quantitative estimate of drug-likeness (QED) is 0.879. The normalized spacial score (nSPS) is 21.2. The highest BCUT2D eigenvalue weighted by Crippen LogP contribution is 2.19. The molecule has 1 aromatic carbocycles. The van der Waals surface area contributed by atoms with E-state index in [1.807, 2.05) is 29.2 Å². The molecule has 0 aromatic heterocycles. The molecule has 0 radical (unpaired) electrons. The summed E-state index contributed by atoms with van der Waals surface area (Å²) in [6, 6.07) is 7.26. The van der Waals surface area contributed by atoms with Crippen molar-refractivity contribution in [2.45, 2.75) is 26.2 Å². The summed E-state index contributed by atoms with van der Waals surface area (Å²) in [5.41, 5.74) is 1.45. The van der Waals surface area contributed by atoms with Crippen molar-refractivity contribution in [1.82, 2.24) is 10.2 Å². The number of carbonyl (C=O) groups is 2. The molecule has 2 aliphatic rings. The van der Waals surface area contributed by atoms with E-state index in [0.717, 1.165) is 51.1 Å². The van der Waals surface area contributed by atoms with Crippen molar-refractivity contribution in [3.8, 4) is 0 Å². The summed E-state index contributed by atoms with van der Waals surface area (Å²) in [7, 11) is 0. The largest absolute Gasteiger partial charge is 0.339 e. The first-order valence-corrected chi connectivity index (χ1v) is 8.54. The topological polar surface area (TPSA) is 61.4 Å². The van der Waals surface area contributed by atoms with Crippen LogP contribution in [0.5, 0.6) is 0 Å². The minimum Gasteiger partial charge on any atom is -0.339 e. The van der Waals surface area contributed by atoms with Crippen LogP contribution in [0.25, 0.3) is 0 Å². The van der Waals surface area contributed by atoms with E-state index in [1.54, 1.807) is 0 Å². The van der Waals surface area contributed by atoms with Crippen molar-refractivity contribution in [2.24, 2.45) is 11.8 Å². The van der Waals surface area contributed by atoms with Crippen LogP contribution in [0.3, 0.4) is 0 Å². The summed E-state index contributed by atoms with van der Waals surface area (Å²) in [6.45, 7) is 5.56. The molecule has 24 heavy (non-hydrogen) atoms. The van der Waals surface area contributed by atoms with Crippen LogP contribution in [0.2, 0.25) is 0 Å². The zero-order valence-electron chi connectivity index (χ0n) is 14.1. The molecule has 1 aromatic rings. The average Bonchev–Trinajstić information content (AvgIpc) is 3.10. The number of halogens is 1. The van der Waals surface area contributed by atoms with Gasteiger partial charge in [0.2, 0.25) is 5.91 Å². The highest BCUT2D eigenvalue weighted by Gasteiger charge is 2.23. The Morgan fingerprint density at radius 1 is 1.12 bits per heavy atom. The molecule has 2 N–H and O–H groups in total. The molecule has 3 rings (SSSR count). The van der Waals surface area contributed by atoms with Crippen LogP contribution in [0.1, 0.15) is 36.5 Å². The molecule has 132 valence electrons. The Hall–Kier alpha value is -1.59. The van der Waals surface area contributed by atoms with Gasteiger partial charge in [-0.25, -0.2) is 0 Å². The number of likely N-dealkylation sites (tertiary alicyclic amines) is 1. The lowest BCUT2D eigenvalue weighted by Gasteiger charge is -2.30. The first-order valence-electron chi connectivity index (χ1n) is 8.54. The summed E-state index contributed by atoms with van der Waals surface area (Å²) in [5.74, 6) is 0.905. The lowest BCUT2D eigenvalue weighted by molar-refractivity contribution is -0.119. The summed E-state index contributed by atoms with van der Waals surface area (Å²) in [5, 5.41) is 6.12. The minimum atomic E-state index is 0. The van der Waals surface area contributed by atoms with E-state index in [2.05, 4.69) is 17.6 Å². The van der Waals surface area contributed by atoms with Gasteiger partial charge in [-0.2, -0.15) is 0 Å². The third kappa shape index (κ3) is 4.48. The summed E-state index contributed by atoms with van der Waals surface area (Å²) in [6.07, 6.45) is 3.04. The maximum absolute atomic E-state index is 12.5. The van der Waals surface area contributed by atoms with Crippen LogP contribution < -0.4 is 10.6 Å². The van der Waals surface area contributed by atoms with E-state index >= 15 is 0 Å². The number of rotatable bonds is 3. The SMILES string of the molecule is CC1CCN(C(=O)c2ccc(NC(=O)C3CCNC3)cc2)CC1.Cl. The van der Waals surface area contributed by atoms with Crippen LogP contribution in [0.15, 0.2) is 24.3 Å². The van der Waals surface area contributed by atoms with E-state index in [9.17, 15) is 9.59 Å².